The summed E-state index contributed by atoms with van der Waals surface area (Å²) in [5.74, 6) is 1.56. The van der Waals surface area contributed by atoms with Crippen molar-refractivity contribution in [1.29, 1.82) is 0 Å². The van der Waals surface area contributed by atoms with Crippen molar-refractivity contribution in [3.8, 4) is 5.88 Å². The molecule has 4 nitrogen and oxygen atoms in total. The number of nitrogens with one attached hydrogen (secondary N) is 1. The van der Waals surface area contributed by atoms with Gasteiger partial charge in [0.1, 0.15) is 6.61 Å². The molecule has 0 radical (unpaired) electrons. The molecule has 3 heterocycles. The first-order valence-corrected chi connectivity index (χ1v) is 6.28. The van der Waals surface area contributed by atoms with E-state index in [1.807, 2.05) is 0 Å². The Bertz CT molecular complexity index is 440. The fraction of sp³-hybridized carbons (Fsp3) is 0.667. The molecule has 1 N–H and O–H groups in total. The Labute approximate surface area is 108 Å². The third kappa shape index (κ3) is 2.65. The van der Waals surface area contributed by atoms with Gasteiger partial charge in [-0.15, -0.1) is 0 Å². The minimum Gasteiger partial charge on any atom is -0.475 e. The minimum atomic E-state index is -4.46. The number of rotatable bonds is 3. The Morgan fingerprint density at radius 2 is 2.05 bits per heavy atom. The largest absolute Gasteiger partial charge is 0.475 e. The topological polar surface area (TPSA) is 47.0 Å². The van der Waals surface area contributed by atoms with Crippen LogP contribution in [-0.4, -0.2) is 29.2 Å². The standard InChI is InChI=1S/C12H14F3N3O/c13-12(14,15)10-4-18-11(5-17-10)19-6-9-8-1-7(2-8)3-16-9/h4-5,7-9,16H,1-3,6H2/t7?,8?,9-/m1/s1. The van der Waals surface area contributed by atoms with Crippen molar-refractivity contribution in [3.63, 3.8) is 0 Å². The molecule has 3 fully saturated rings. The summed E-state index contributed by atoms with van der Waals surface area (Å²) >= 11 is 0. The Morgan fingerprint density at radius 1 is 1.26 bits per heavy atom. The van der Waals surface area contributed by atoms with Gasteiger partial charge in [0.2, 0.25) is 5.88 Å². The molecule has 1 aliphatic carbocycles. The van der Waals surface area contributed by atoms with Crippen molar-refractivity contribution in [2.24, 2.45) is 11.8 Å². The van der Waals surface area contributed by atoms with Crippen LogP contribution in [0.2, 0.25) is 0 Å². The van der Waals surface area contributed by atoms with E-state index in [9.17, 15) is 13.2 Å². The highest BCUT2D eigenvalue weighted by molar-refractivity contribution is 5.09. The zero-order chi connectivity index (χ0) is 13.5. The molecule has 0 aromatic carbocycles. The molecule has 1 saturated carbocycles. The maximum absolute atomic E-state index is 12.3. The second-order valence-electron chi connectivity index (χ2n) is 5.16. The number of hydrogen-bond acceptors (Lipinski definition) is 4. The van der Waals surface area contributed by atoms with E-state index >= 15 is 0 Å². The summed E-state index contributed by atoms with van der Waals surface area (Å²) in [4.78, 5) is 6.94. The molecule has 0 amide bonds. The van der Waals surface area contributed by atoms with Gasteiger partial charge in [-0.25, -0.2) is 9.97 Å². The highest BCUT2D eigenvalue weighted by atomic mass is 19.4. The summed E-state index contributed by atoms with van der Waals surface area (Å²) in [6.07, 6.45) is -0.297. The maximum Gasteiger partial charge on any atom is 0.434 e. The van der Waals surface area contributed by atoms with Gasteiger partial charge < -0.3 is 10.1 Å². The van der Waals surface area contributed by atoms with Crippen LogP contribution in [0.4, 0.5) is 13.2 Å². The lowest BCUT2D eigenvalue weighted by molar-refractivity contribution is -0.141. The summed E-state index contributed by atoms with van der Waals surface area (Å²) in [5.41, 5.74) is -1.00. The van der Waals surface area contributed by atoms with E-state index in [1.165, 1.54) is 12.8 Å². The van der Waals surface area contributed by atoms with Crippen LogP contribution < -0.4 is 10.1 Å². The molecule has 1 aromatic rings. The molecule has 4 rings (SSSR count). The lowest BCUT2D eigenvalue weighted by Crippen LogP contribution is -2.55. The number of piperidine rings is 2. The number of aromatic nitrogens is 2. The van der Waals surface area contributed by atoms with E-state index in [2.05, 4.69) is 15.3 Å². The first-order valence-electron chi connectivity index (χ1n) is 6.28. The molecule has 7 heteroatoms. The minimum absolute atomic E-state index is 0.135. The molecule has 1 aromatic heterocycles. The van der Waals surface area contributed by atoms with E-state index in [-0.39, 0.29) is 11.9 Å². The normalized spacial score (nSPS) is 29.7. The quantitative estimate of drug-likeness (QED) is 0.913. The number of nitrogens with zero attached hydrogens (tertiary/aromatic N) is 2. The van der Waals surface area contributed by atoms with Gasteiger partial charge >= 0.3 is 6.18 Å². The van der Waals surface area contributed by atoms with E-state index in [0.717, 1.165) is 18.7 Å². The van der Waals surface area contributed by atoms with Crippen LogP contribution in [-0.2, 0) is 6.18 Å². The van der Waals surface area contributed by atoms with Crippen molar-refractivity contribution in [3.05, 3.63) is 18.1 Å². The van der Waals surface area contributed by atoms with Gasteiger partial charge in [0.05, 0.1) is 12.4 Å². The van der Waals surface area contributed by atoms with Gasteiger partial charge in [0.15, 0.2) is 5.69 Å². The first-order chi connectivity index (χ1) is 9.02. The van der Waals surface area contributed by atoms with E-state index in [4.69, 9.17) is 4.74 Å². The maximum atomic E-state index is 12.3. The Morgan fingerprint density at radius 3 is 2.58 bits per heavy atom. The van der Waals surface area contributed by atoms with Crippen LogP contribution in [0.1, 0.15) is 18.5 Å². The highest BCUT2D eigenvalue weighted by Crippen LogP contribution is 2.39. The summed E-state index contributed by atoms with van der Waals surface area (Å²) in [6, 6.07) is 0.272. The van der Waals surface area contributed by atoms with Crippen LogP contribution in [0, 0.1) is 11.8 Å². The molecule has 2 aliphatic heterocycles. The molecule has 104 valence electrons. The molecule has 2 bridgehead atoms. The first kappa shape index (κ1) is 12.7. The Balaban J connectivity index is 1.55. The zero-order valence-electron chi connectivity index (χ0n) is 10.2. The Kier molecular flexibility index (Phi) is 3.08. The van der Waals surface area contributed by atoms with Gasteiger partial charge in [-0.1, -0.05) is 0 Å². The zero-order valence-corrected chi connectivity index (χ0v) is 10.2. The molecule has 0 unspecified atom stereocenters. The smallest absolute Gasteiger partial charge is 0.434 e. The second-order valence-corrected chi connectivity index (χ2v) is 5.16. The SMILES string of the molecule is FC(F)(F)c1cnc(OC[C@H]2NCC3CC2C3)cn1. The predicted octanol–water partition coefficient (Wildman–Crippen LogP) is 1.87. The predicted molar refractivity (Wildman–Crippen MR) is 60.5 cm³/mol. The van der Waals surface area contributed by atoms with Gasteiger partial charge in [0, 0.05) is 6.04 Å². The van der Waals surface area contributed by atoms with Crippen molar-refractivity contribution in [1.82, 2.24) is 15.3 Å². The molecule has 2 saturated heterocycles. The fourth-order valence-electron chi connectivity index (χ4n) is 2.67. The fourth-order valence-corrected chi connectivity index (χ4v) is 2.67. The second kappa shape index (κ2) is 4.63. The third-order valence-corrected chi connectivity index (χ3v) is 3.84. The molecule has 1 atom stereocenters. The highest BCUT2D eigenvalue weighted by Gasteiger charge is 2.40. The van der Waals surface area contributed by atoms with Crippen LogP contribution in [0.25, 0.3) is 0 Å². The lowest BCUT2D eigenvalue weighted by atomic mass is 9.68. The monoisotopic (exact) mass is 273 g/mol. The summed E-state index contributed by atoms with van der Waals surface area (Å²) in [6.45, 7) is 1.43. The van der Waals surface area contributed by atoms with Crippen LogP contribution in [0.5, 0.6) is 5.88 Å². The number of fused-ring (bicyclic) bond motifs is 2. The average molecular weight is 273 g/mol. The number of ether oxygens (including phenoxy) is 1. The van der Waals surface area contributed by atoms with Crippen molar-refractivity contribution in [2.45, 2.75) is 25.1 Å². The number of hydrogen-bond donors (Lipinski definition) is 1. The van der Waals surface area contributed by atoms with Crippen LogP contribution >= 0.6 is 0 Å². The van der Waals surface area contributed by atoms with Gasteiger partial charge in [-0.2, -0.15) is 13.2 Å². The Hall–Kier alpha value is -1.37. The van der Waals surface area contributed by atoms with Crippen LogP contribution in [0.15, 0.2) is 12.4 Å². The molecular formula is C12H14F3N3O. The summed E-state index contributed by atoms with van der Waals surface area (Å²) in [7, 11) is 0. The summed E-state index contributed by atoms with van der Waals surface area (Å²) in [5, 5.41) is 3.37. The molecule has 3 aliphatic rings. The number of alkyl halides is 3. The van der Waals surface area contributed by atoms with Crippen molar-refractivity contribution >= 4 is 0 Å². The van der Waals surface area contributed by atoms with Crippen LogP contribution in [0.3, 0.4) is 0 Å². The van der Waals surface area contributed by atoms with Gasteiger partial charge in [0.25, 0.3) is 0 Å². The molecular weight excluding hydrogens is 259 g/mol. The van der Waals surface area contributed by atoms with E-state index < -0.39 is 11.9 Å². The molecule has 0 spiro atoms. The number of halogens is 3. The summed E-state index contributed by atoms with van der Waals surface area (Å²) < 4.78 is 42.3. The third-order valence-electron chi connectivity index (χ3n) is 3.84. The average Bonchev–Trinajstić information content (AvgIpc) is 2.35. The van der Waals surface area contributed by atoms with Crippen molar-refractivity contribution in [2.75, 3.05) is 13.2 Å². The van der Waals surface area contributed by atoms with E-state index in [1.54, 1.807) is 0 Å². The van der Waals surface area contributed by atoms with Gasteiger partial charge in [-0.05, 0) is 31.2 Å². The van der Waals surface area contributed by atoms with Gasteiger partial charge in [-0.3, -0.25) is 0 Å². The molecule has 19 heavy (non-hydrogen) atoms. The van der Waals surface area contributed by atoms with E-state index in [0.29, 0.717) is 18.7 Å². The van der Waals surface area contributed by atoms with Crippen molar-refractivity contribution < 1.29 is 17.9 Å². The lowest BCUT2D eigenvalue weighted by Gasteiger charge is -2.47.